The van der Waals surface area contributed by atoms with Crippen LogP contribution < -0.4 is 0 Å². The van der Waals surface area contributed by atoms with Crippen molar-refractivity contribution in [3.8, 4) is 0 Å². The van der Waals surface area contributed by atoms with Gasteiger partial charge in [-0.1, -0.05) is 33.6 Å². The lowest BCUT2D eigenvalue weighted by Crippen LogP contribution is -2.31. The van der Waals surface area contributed by atoms with Crippen LogP contribution in [0.2, 0.25) is 5.02 Å². The normalized spacial score (nSPS) is 20.6. The number of ether oxygens (including phenoxy) is 1. The zero-order chi connectivity index (χ0) is 11.5. The van der Waals surface area contributed by atoms with Gasteiger partial charge in [0.15, 0.2) is 0 Å². The summed E-state index contributed by atoms with van der Waals surface area (Å²) in [5.41, 5.74) is 1.17. The number of hydrogen-bond donors (Lipinski definition) is 0. The smallest absolute Gasteiger partial charge is 0.0622 e. The molecule has 1 atom stereocenters. The van der Waals surface area contributed by atoms with Crippen molar-refractivity contribution < 1.29 is 4.74 Å². The van der Waals surface area contributed by atoms with Crippen molar-refractivity contribution in [2.24, 2.45) is 0 Å². The second kappa shape index (κ2) is 5.50. The first kappa shape index (κ1) is 12.4. The molecule has 0 N–H and O–H groups in total. The number of rotatable bonds is 3. The average Bonchev–Trinajstić information content (AvgIpc) is 2.75. The van der Waals surface area contributed by atoms with E-state index in [1.165, 1.54) is 5.56 Å². The monoisotopic (exact) mass is 303 g/mol. The highest BCUT2D eigenvalue weighted by molar-refractivity contribution is 9.10. The molecule has 1 aliphatic heterocycles. The van der Waals surface area contributed by atoms with Crippen LogP contribution in [0.5, 0.6) is 0 Å². The Labute approximate surface area is 110 Å². The Kier molecular flexibility index (Phi) is 4.25. The van der Waals surface area contributed by atoms with Gasteiger partial charge in [-0.15, -0.1) is 0 Å². The molecule has 0 aliphatic carbocycles. The molecule has 1 aromatic carbocycles. The predicted octanol–water partition coefficient (Wildman–Crippen LogP) is 3.32. The molecule has 0 aromatic heterocycles. The fraction of sp³-hybridized carbons (Fsp3) is 0.500. The van der Waals surface area contributed by atoms with Crippen molar-refractivity contribution in [3.05, 3.63) is 33.3 Å². The zero-order valence-electron chi connectivity index (χ0n) is 9.25. The number of benzene rings is 1. The Bertz CT molecular complexity index is 366. The van der Waals surface area contributed by atoms with Crippen LogP contribution in [0.4, 0.5) is 0 Å². The van der Waals surface area contributed by atoms with Gasteiger partial charge in [0, 0.05) is 28.7 Å². The molecule has 0 saturated carbocycles. The Morgan fingerprint density at radius 1 is 1.56 bits per heavy atom. The lowest BCUT2D eigenvalue weighted by Gasteiger charge is -2.23. The second-order valence-electron chi connectivity index (χ2n) is 4.17. The standard InChI is InChI=1S/C12H15BrClNO/c1-15(11-4-5-16-8-11)7-9-2-3-10(13)6-12(9)14/h2-3,6,11H,4-5,7-8H2,1H3. The van der Waals surface area contributed by atoms with Crippen LogP contribution in [-0.4, -0.2) is 31.2 Å². The van der Waals surface area contributed by atoms with Gasteiger partial charge in [0.05, 0.1) is 6.61 Å². The van der Waals surface area contributed by atoms with E-state index in [1.54, 1.807) is 0 Å². The van der Waals surface area contributed by atoms with Crippen LogP contribution >= 0.6 is 27.5 Å². The third-order valence-corrected chi connectivity index (χ3v) is 3.81. The summed E-state index contributed by atoms with van der Waals surface area (Å²) >= 11 is 9.60. The van der Waals surface area contributed by atoms with Gasteiger partial charge in [0.1, 0.15) is 0 Å². The summed E-state index contributed by atoms with van der Waals surface area (Å²) in [6.07, 6.45) is 1.12. The SMILES string of the molecule is CN(Cc1ccc(Br)cc1Cl)C1CCOC1. The minimum atomic E-state index is 0.528. The Morgan fingerprint density at radius 3 is 3.00 bits per heavy atom. The van der Waals surface area contributed by atoms with E-state index in [9.17, 15) is 0 Å². The van der Waals surface area contributed by atoms with Crippen molar-refractivity contribution in [2.75, 3.05) is 20.3 Å². The molecule has 1 fully saturated rings. The summed E-state index contributed by atoms with van der Waals surface area (Å²) in [4.78, 5) is 2.31. The summed E-state index contributed by atoms with van der Waals surface area (Å²) < 4.78 is 6.40. The number of hydrogen-bond acceptors (Lipinski definition) is 2. The van der Waals surface area contributed by atoms with E-state index in [0.717, 1.165) is 35.7 Å². The van der Waals surface area contributed by atoms with Gasteiger partial charge >= 0.3 is 0 Å². The fourth-order valence-corrected chi connectivity index (χ4v) is 2.65. The Morgan fingerprint density at radius 2 is 2.38 bits per heavy atom. The Balaban J connectivity index is 2.02. The molecule has 2 nitrogen and oxygen atoms in total. The third-order valence-electron chi connectivity index (χ3n) is 2.96. The molecular formula is C12H15BrClNO. The predicted molar refractivity (Wildman–Crippen MR) is 69.8 cm³/mol. The van der Waals surface area contributed by atoms with Crippen LogP contribution in [-0.2, 0) is 11.3 Å². The van der Waals surface area contributed by atoms with Gasteiger partial charge in [-0.2, -0.15) is 0 Å². The fourth-order valence-electron chi connectivity index (χ4n) is 1.92. The lowest BCUT2D eigenvalue weighted by atomic mass is 10.1. The van der Waals surface area contributed by atoms with Crippen LogP contribution in [0.1, 0.15) is 12.0 Å². The van der Waals surface area contributed by atoms with E-state index in [1.807, 2.05) is 12.1 Å². The van der Waals surface area contributed by atoms with E-state index < -0.39 is 0 Å². The molecule has 1 aliphatic rings. The van der Waals surface area contributed by atoms with E-state index >= 15 is 0 Å². The van der Waals surface area contributed by atoms with Gasteiger partial charge in [-0.25, -0.2) is 0 Å². The second-order valence-corrected chi connectivity index (χ2v) is 5.49. The summed E-state index contributed by atoms with van der Waals surface area (Å²) in [5.74, 6) is 0. The minimum Gasteiger partial charge on any atom is -0.380 e. The molecule has 88 valence electrons. The topological polar surface area (TPSA) is 12.5 Å². The van der Waals surface area contributed by atoms with E-state index in [4.69, 9.17) is 16.3 Å². The van der Waals surface area contributed by atoms with E-state index in [0.29, 0.717) is 6.04 Å². The summed E-state index contributed by atoms with van der Waals surface area (Å²) in [6, 6.07) is 6.56. The van der Waals surface area contributed by atoms with Gasteiger partial charge in [0.2, 0.25) is 0 Å². The molecule has 4 heteroatoms. The molecule has 0 amide bonds. The van der Waals surface area contributed by atoms with Gasteiger partial charge in [0.25, 0.3) is 0 Å². The van der Waals surface area contributed by atoms with Crippen molar-refractivity contribution in [3.63, 3.8) is 0 Å². The molecule has 0 spiro atoms. The molecule has 2 rings (SSSR count). The lowest BCUT2D eigenvalue weighted by molar-refractivity contribution is 0.156. The van der Waals surface area contributed by atoms with Crippen LogP contribution in [0, 0.1) is 0 Å². The molecular weight excluding hydrogens is 289 g/mol. The van der Waals surface area contributed by atoms with Gasteiger partial charge in [-0.3, -0.25) is 4.90 Å². The molecule has 0 bridgehead atoms. The summed E-state index contributed by atoms with van der Waals surface area (Å²) in [7, 11) is 2.12. The number of likely N-dealkylation sites (N-methyl/N-ethyl adjacent to an activating group) is 1. The maximum absolute atomic E-state index is 6.19. The van der Waals surface area contributed by atoms with Crippen LogP contribution in [0.3, 0.4) is 0 Å². The van der Waals surface area contributed by atoms with Crippen LogP contribution in [0.15, 0.2) is 22.7 Å². The summed E-state index contributed by atoms with van der Waals surface area (Å²) in [5, 5.41) is 0.820. The van der Waals surface area contributed by atoms with Gasteiger partial charge < -0.3 is 4.74 Å². The van der Waals surface area contributed by atoms with Gasteiger partial charge in [-0.05, 0) is 31.2 Å². The summed E-state index contributed by atoms with van der Waals surface area (Å²) in [6.45, 7) is 2.59. The maximum atomic E-state index is 6.19. The molecule has 1 unspecified atom stereocenters. The first-order valence-electron chi connectivity index (χ1n) is 5.39. The first-order chi connectivity index (χ1) is 7.66. The number of halogens is 2. The maximum Gasteiger partial charge on any atom is 0.0622 e. The highest BCUT2D eigenvalue weighted by Gasteiger charge is 2.20. The highest BCUT2D eigenvalue weighted by Crippen LogP contribution is 2.23. The quantitative estimate of drug-likeness (QED) is 0.849. The van der Waals surface area contributed by atoms with Crippen molar-refractivity contribution in [1.29, 1.82) is 0 Å². The minimum absolute atomic E-state index is 0.528. The first-order valence-corrected chi connectivity index (χ1v) is 6.56. The van der Waals surface area contributed by atoms with Crippen molar-refractivity contribution in [2.45, 2.75) is 19.0 Å². The van der Waals surface area contributed by atoms with Crippen LogP contribution in [0.25, 0.3) is 0 Å². The highest BCUT2D eigenvalue weighted by atomic mass is 79.9. The third kappa shape index (κ3) is 2.98. The van der Waals surface area contributed by atoms with E-state index in [-0.39, 0.29) is 0 Å². The molecule has 0 radical (unpaired) electrons. The van der Waals surface area contributed by atoms with Crippen molar-refractivity contribution >= 4 is 27.5 Å². The largest absolute Gasteiger partial charge is 0.380 e. The zero-order valence-corrected chi connectivity index (χ0v) is 11.6. The number of nitrogens with zero attached hydrogens (tertiary/aromatic N) is 1. The molecule has 16 heavy (non-hydrogen) atoms. The van der Waals surface area contributed by atoms with Crippen molar-refractivity contribution in [1.82, 2.24) is 4.90 Å². The van der Waals surface area contributed by atoms with E-state index in [2.05, 4.69) is 33.9 Å². The molecule has 1 heterocycles. The molecule has 1 saturated heterocycles. The Hall–Kier alpha value is -0.0900. The molecule has 1 aromatic rings. The average molecular weight is 305 g/mol.